The molecule has 0 fully saturated rings. The Morgan fingerprint density at radius 2 is 1.56 bits per heavy atom. The summed E-state index contributed by atoms with van der Waals surface area (Å²) in [6.45, 7) is 1.64. The molecule has 0 aliphatic heterocycles. The number of nitrogens with one attached hydrogen (secondary N) is 1. The van der Waals surface area contributed by atoms with E-state index in [2.05, 4.69) is 26.5 Å². The van der Waals surface area contributed by atoms with Crippen molar-refractivity contribution in [3.05, 3.63) is 107 Å². The minimum absolute atomic E-state index is 0.375. The summed E-state index contributed by atoms with van der Waals surface area (Å²) in [7, 11) is 0. The van der Waals surface area contributed by atoms with Crippen LogP contribution in [0.15, 0.2) is 101 Å². The standard InChI is InChI=1S/C27H21BrN2O4/c1-18(33-22-15-11-21(28)12-16-22)26(31)30-29-17-19-9-13-23(14-10-19)34-27(32)25-8-4-6-20-5-2-3-7-24(20)25/h2-18H,1H3,(H,30,31)/b29-17+. The predicted octanol–water partition coefficient (Wildman–Crippen LogP) is 5.74. The lowest BCUT2D eigenvalue weighted by Gasteiger charge is -2.12. The van der Waals surface area contributed by atoms with Crippen LogP contribution in [0.5, 0.6) is 11.5 Å². The Labute approximate surface area is 205 Å². The number of benzene rings is 4. The van der Waals surface area contributed by atoms with Crippen molar-refractivity contribution < 1.29 is 19.1 Å². The quantitative estimate of drug-likeness (QED) is 0.147. The largest absolute Gasteiger partial charge is 0.481 e. The van der Waals surface area contributed by atoms with E-state index in [-0.39, 0.29) is 5.91 Å². The van der Waals surface area contributed by atoms with Crippen LogP contribution in [-0.2, 0) is 4.79 Å². The number of hydrogen-bond donors (Lipinski definition) is 1. The highest BCUT2D eigenvalue weighted by Crippen LogP contribution is 2.21. The highest BCUT2D eigenvalue weighted by Gasteiger charge is 2.14. The molecule has 6 nitrogen and oxygen atoms in total. The van der Waals surface area contributed by atoms with Crippen LogP contribution < -0.4 is 14.9 Å². The molecule has 0 aromatic heterocycles. The predicted molar refractivity (Wildman–Crippen MR) is 135 cm³/mol. The minimum atomic E-state index is -0.714. The Bertz CT molecular complexity index is 1330. The maximum absolute atomic E-state index is 12.7. The first-order valence-corrected chi connectivity index (χ1v) is 11.3. The van der Waals surface area contributed by atoms with Crippen molar-refractivity contribution in [1.29, 1.82) is 0 Å². The zero-order chi connectivity index (χ0) is 23.9. The third kappa shape index (κ3) is 5.88. The second-order valence-electron chi connectivity index (χ2n) is 7.43. The number of nitrogens with zero attached hydrogens (tertiary/aromatic N) is 1. The first kappa shape index (κ1) is 23.2. The van der Waals surface area contributed by atoms with Gasteiger partial charge in [0.05, 0.1) is 11.8 Å². The van der Waals surface area contributed by atoms with E-state index >= 15 is 0 Å². The fraction of sp³-hybridized carbons (Fsp3) is 0.0741. The molecule has 0 saturated heterocycles. The number of esters is 1. The third-order valence-corrected chi connectivity index (χ3v) is 5.51. The molecular weight excluding hydrogens is 496 g/mol. The smallest absolute Gasteiger partial charge is 0.344 e. The molecule has 0 spiro atoms. The summed E-state index contributed by atoms with van der Waals surface area (Å²) in [5, 5.41) is 5.79. The molecule has 7 heteroatoms. The first-order chi connectivity index (χ1) is 16.5. The Balaban J connectivity index is 1.32. The highest BCUT2D eigenvalue weighted by atomic mass is 79.9. The summed E-state index contributed by atoms with van der Waals surface area (Å²) < 4.78 is 12.1. The second kappa shape index (κ2) is 10.8. The lowest BCUT2D eigenvalue weighted by molar-refractivity contribution is -0.127. The van der Waals surface area contributed by atoms with Gasteiger partial charge >= 0.3 is 5.97 Å². The van der Waals surface area contributed by atoms with Crippen molar-refractivity contribution >= 4 is 44.8 Å². The van der Waals surface area contributed by atoms with Gasteiger partial charge in [-0.2, -0.15) is 5.10 Å². The van der Waals surface area contributed by atoms with Crippen molar-refractivity contribution in [1.82, 2.24) is 5.43 Å². The molecule has 0 bridgehead atoms. The molecule has 4 aromatic rings. The van der Waals surface area contributed by atoms with Crippen LogP contribution >= 0.6 is 15.9 Å². The third-order valence-electron chi connectivity index (χ3n) is 4.98. The number of rotatable bonds is 7. The van der Waals surface area contributed by atoms with Gasteiger partial charge in [-0.3, -0.25) is 4.79 Å². The van der Waals surface area contributed by atoms with Gasteiger partial charge < -0.3 is 9.47 Å². The second-order valence-corrected chi connectivity index (χ2v) is 8.35. The summed E-state index contributed by atoms with van der Waals surface area (Å²) in [6, 6.07) is 27.2. The Hall–Kier alpha value is -3.97. The summed E-state index contributed by atoms with van der Waals surface area (Å²) in [6.07, 6.45) is 0.787. The number of halogens is 1. The van der Waals surface area contributed by atoms with Crippen LogP contribution in [0.4, 0.5) is 0 Å². The average Bonchev–Trinajstić information content (AvgIpc) is 2.86. The zero-order valence-corrected chi connectivity index (χ0v) is 19.9. The molecule has 0 aliphatic rings. The first-order valence-electron chi connectivity index (χ1n) is 10.5. The van der Waals surface area contributed by atoms with Crippen LogP contribution in [0.2, 0.25) is 0 Å². The molecule has 4 rings (SSSR count). The number of carbonyl (C=O) groups excluding carboxylic acids is 2. The molecule has 170 valence electrons. The van der Waals surface area contributed by atoms with Gasteiger partial charge in [-0.25, -0.2) is 10.2 Å². The van der Waals surface area contributed by atoms with E-state index < -0.39 is 12.1 Å². The monoisotopic (exact) mass is 516 g/mol. The van der Waals surface area contributed by atoms with E-state index in [1.807, 2.05) is 48.5 Å². The van der Waals surface area contributed by atoms with Crippen LogP contribution in [-0.4, -0.2) is 24.2 Å². The number of hydrazone groups is 1. The molecule has 1 amide bonds. The number of amides is 1. The van der Waals surface area contributed by atoms with Gasteiger partial charge in [-0.05, 0) is 77.9 Å². The maximum Gasteiger partial charge on any atom is 0.344 e. The molecule has 34 heavy (non-hydrogen) atoms. The molecule has 1 unspecified atom stereocenters. The topological polar surface area (TPSA) is 77.0 Å². The van der Waals surface area contributed by atoms with Gasteiger partial charge in [0.15, 0.2) is 6.10 Å². The van der Waals surface area contributed by atoms with E-state index in [1.54, 1.807) is 49.4 Å². The normalized spacial score (nSPS) is 11.8. The molecule has 0 saturated carbocycles. The highest BCUT2D eigenvalue weighted by molar-refractivity contribution is 9.10. The van der Waals surface area contributed by atoms with Gasteiger partial charge in [0, 0.05) is 4.47 Å². The summed E-state index contributed by atoms with van der Waals surface area (Å²) in [4.78, 5) is 24.9. The van der Waals surface area contributed by atoms with Gasteiger partial charge in [-0.1, -0.05) is 52.3 Å². The van der Waals surface area contributed by atoms with E-state index in [0.717, 1.165) is 20.8 Å². The molecular formula is C27H21BrN2O4. The van der Waals surface area contributed by atoms with E-state index in [9.17, 15) is 9.59 Å². The fourth-order valence-corrected chi connectivity index (χ4v) is 3.48. The molecule has 1 N–H and O–H groups in total. The van der Waals surface area contributed by atoms with Gasteiger partial charge in [-0.15, -0.1) is 0 Å². The summed E-state index contributed by atoms with van der Waals surface area (Å²) >= 11 is 3.35. The molecule has 1 atom stereocenters. The number of hydrogen-bond acceptors (Lipinski definition) is 5. The zero-order valence-electron chi connectivity index (χ0n) is 18.3. The lowest BCUT2D eigenvalue weighted by atomic mass is 10.0. The average molecular weight is 517 g/mol. The van der Waals surface area contributed by atoms with Crippen LogP contribution in [0.3, 0.4) is 0 Å². The Morgan fingerprint density at radius 3 is 2.32 bits per heavy atom. The van der Waals surface area contributed by atoms with Crippen LogP contribution in [0.25, 0.3) is 10.8 Å². The van der Waals surface area contributed by atoms with E-state index in [1.165, 1.54) is 6.21 Å². The van der Waals surface area contributed by atoms with Gasteiger partial charge in [0.2, 0.25) is 0 Å². The van der Waals surface area contributed by atoms with E-state index in [4.69, 9.17) is 9.47 Å². The van der Waals surface area contributed by atoms with Gasteiger partial charge in [0.1, 0.15) is 11.5 Å². The maximum atomic E-state index is 12.7. The molecule has 0 heterocycles. The van der Waals surface area contributed by atoms with Crippen molar-refractivity contribution in [2.24, 2.45) is 5.10 Å². The number of carbonyl (C=O) groups is 2. The van der Waals surface area contributed by atoms with Crippen molar-refractivity contribution in [3.63, 3.8) is 0 Å². The lowest BCUT2D eigenvalue weighted by Crippen LogP contribution is -2.33. The number of fused-ring (bicyclic) bond motifs is 1. The van der Waals surface area contributed by atoms with Crippen LogP contribution in [0.1, 0.15) is 22.8 Å². The van der Waals surface area contributed by atoms with Crippen molar-refractivity contribution in [2.75, 3.05) is 0 Å². The minimum Gasteiger partial charge on any atom is -0.481 e. The summed E-state index contributed by atoms with van der Waals surface area (Å²) in [5.74, 6) is 0.198. The fourth-order valence-electron chi connectivity index (χ4n) is 3.22. The van der Waals surface area contributed by atoms with Gasteiger partial charge in [0.25, 0.3) is 5.91 Å². The molecule has 0 aliphatic carbocycles. The SMILES string of the molecule is CC(Oc1ccc(Br)cc1)C(=O)N/N=C/c1ccc(OC(=O)c2cccc3ccccc23)cc1. The van der Waals surface area contributed by atoms with Crippen molar-refractivity contribution in [2.45, 2.75) is 13.0 Å². The van der Waals surface area contributed by atoms with E-state index in [0.29, 0.717) is 17.1 Å². The number of ether oxygens (including phenoxy) is 2. The Morgan fingerprint density at radius 1 is 0.882 bits per heavy atom. The molecule has 4 aromatic carbocycles. The molecule has 0 radical (unpaired) electrons. The summed E-state index contributed by atoms with van der Waals surface area (Å²) in [5.41, 5.74) is 3.69. The van der Waals surface area contributed by atoms with Crippen LogP contribution in [0, 0.1) is 0 Å². The van der Waals surface area contributed by atoms with Crippen molar-refractivity contribution in [3.8, 4) is 11.5 Å². The Kier molecular flexibility index (Phi) is 7.34.